The summed E-state index contributed by atoms with van der Waals surface area (Å²) < 4.78 is 6.64. The van der Waals surface area contributed by atoms with Crippen molar-refractivity contribution in [2.45, 2.75) is 33.3 Å². The molecule has 2 rings (SSSR count). The number of carboxylic acids is 1. The summed E-state index contributed by atoms with van der Waals surface area (Å²) in [7, 11) is 0. The second-order valence-corrected chi connectivity index (χ2v) is 5.64. The number of hydrogen-bond acceptors (Lipinski definition) is 4. The zero-order valence-electron chi connectivity index (χ0n) is 12.3. The molecule has 2 aromatic heterocycles. The molecular formula is C14H17N3O4. The molecule has 0 aromatic carbocycles. The maximum absolute atomic E-state index is 11.8. The predicted octanol–water partition coefficient (Wildman–Crippen LogP) is 2.69. The van der Waals surface area contributed by atoms with Gasteiger partial charge in [-0.1, -0.05) is 0 Å². The van der Waals surface area contributed by atoms with E-state index in [1.54, 1.807) is 40.0 Å². The number of aryl methyl sites for hydroxylation is 1. The fourth-order valence-electron chi connectivity index (χ4n) is 1.95. The van der Waals surface area contributed by atoms with Gasteiger partial charge in [0.25, 0.3) is 0 Å². The molecule has 0 saturated heterocycles. The molecule has 0 aliphatic rings. The van der Waals surface area contributed by atoms with Crippen LogP contribution >= 0.6 is 0 Å². The molecule has 0 atom stereocenters. The Balaban J connectivity index is 2.37. The molecule has 7 nitrogen and oxygen atoms in total. The van der Waals surface area contributed by atoms with Gasteiger partial charge in [0.15, 0.2) is 0 Å². The van der Waals surface area contributed by atoms with Crippen molar-refractivity contribution in [3.8, 4) is 0 Å². The predicted molar refractivity (Wildman–Crippen MR) is 76.7 cm³/mol. The fourth-order valence-corrected chi connectivity index (χ4v) is 1.95. The fraction of sp³-hybridized carbons (Fsp3) is 0.357. The maximum Gasteiger partial charge on any atom is 0.412 e. The molecule has 0 saturated carbocycles. The normalized spacial score (nSPS) is 11.4. The lowest BCUT2D eigenvalue weighted by atomic mass is 10.1. The minimum atomic E-state index is -1.07. The van der Waals surface area contributed by atoms with Gasteiger partial charge in [-0.25, -0.2) is 14.1 Å². The number of carboxylic acid groups (broad SMARTS) is 1. The van der Waals surface area contributed by atoms with Gasteiger partial charge in [-0.05, 0) is 39.3 Å². The SMILES string of the molecule is Cc1c(NC(=O)OC(C)(C)C)ccn2ncc(C(=O)O)c12. The standard InChI is InChI=1S/C14H17N3O4/c1-8-10(16-13(20)21-14(2,3)4)5-6-17-11(8)9(7-15-17)12(18)19/h5-7H,1-4H3,(H,16,20)(H,18,19). The number of pyridine rings is 1. The number of amides is 1. The lowest BCUT2D eigenvalue weighted by molar-refractivity contribution is 0.0634. The summed E-state index contributed by atoms with van der Waals surface area (Å²) in [5.41, 5.74) is 1.01. The first-order valence-electron chi connectivity index (χ1n) is 6.39. The molecule has 2 heterocycles. The van der Waals surface area contributed by atoms with Crippen molar-refractivity contribution in [3.63, 3.8) is 0 Å². The summed E-state index contributed by atoms with van der Waals surface area (Å²) >= 11 is 0. The molecule has 0 aliphatic carbocycles. The third-order valence-corrected chi connectivity index (χ3v) is 2.80. The van der Waals surface area contributed by atoms with E-state index in [0.29, 0.717) is 16.8 Å². The van der Waals surface area contributed by atoms with Gasteiger partial charge in [0, 0.05) is 6.20 Å². The Labute approximate surface area is 121 Å². The van der Waals surface area contributed by atoms with Gasteiger partial charge in [0.05, 0.1) is 17.4 Å². The van der Waals surface area contributed by atoms with Crippen LogP contribution < -0.4 is 5.32 Å². The number of aromatic nitrogens is 2. The summed E-state index contributed by atoms with van der Waals surface area (Å²) in [5, 5.41) is 15.7. The number of nitrogens with zero attached hydrogens (tertiary/aromatic N) is 2. The molecule has 2 N–H and O–H groups in total. The van der Waals surface area contributed by atoms with Crippen molar-refractivity contribution >= 4 is 23.3 Å². The van der Waals surface area contributed by atoms with Crippen LogP contribution in [0.2, 0.25) is 0 Å². The Morgan fingerprint density at radius 1 is 1.38 bits per heavy atom. The van der Waals surface area contributed by atoms with Crippen molar-refractivity contribution in [3.05, 3.63) is 29.6 Å². The van der Waals surface area contributed by atoms with Crippen LogP contribution in [0.1, 0.15) is 36.7 Å². The summed E-state index contributed by atoms with van der Waals surface area (Å²) in [4.78, 5) is 23.0. The highest BCUT2D eigenvalue weighted by Crippen LogP contribution is 2.23. The average molecular weight is 291 g/mol. The molecule has 0 radical (unpaired) electrons. The molecule has 21 heavy (non-hydrogen) atoms. The van der Waals surface area contributed by atoms with E-state index in [4.69, 9.17) is 9.84 Å². The monoisotopic (exact) mass is 291 g/mol. The second-order valence-electron chi connectivity index (χ2n) is 5.64. The largest absolute Gasteiger partial charge is 0.478 e. The molecule has 0 bridgehead atoms. The van der Waals surface area contributed by atoms with Gasteiger partial charge in [0.2, 0.25) is 0 Å². The van der Waals surface area contributed by atoms with E-state index >= 15 is 0 Å². The first-order valence-corrected chi connectivity index (χ1v) is 6.39. The molecule has 0 aliphatic heterocycles. The van der Waals surface area contributed by atoms with Gasteiger partial charge < -0.3 is 9.84 Å². The Morgan fingerprint density at radius 3 is 2.62 bits per heavy atom. The van der Waals surface area contributed by atoms with Crippen LogP contribution in [0.3, 0.4) is 0 Å². The Hall–Kier alpha value is -2.57. The smallest absolute Gasteiger partial charge is 0.412 e. The molecule has 0 unspecified atom stereocenters. The third kappa shape index (κ3) is 3.13. The van der Waals surface area contributed by atoms with Crippen LogP contribution in [0.4, 0.5) is 10.5 Å². The van der Waals surface area contributed by atoms with Crippen molar-refractivity contribution in [2.24, 2.45) is 0 Å². The van der Waals surface area contributed by atoms with Crippen LogP contribution in [-0.2, 0) is 4.74 Å². The molecule has 1 amide bonds. The number of carbonyl (C=O) groups is 2. The average Bonchev–Trinajstić information content (AvgIpc) is 2.75. The molecule has 0 spiro atoms. The number of hydrogen-bond donors (Lipinski definition) is 2. The van der Waals surface area contributed by atoms with Crippen LogP contribution in [0, 0.1) is 6.92 Å². The third-order valence-electron chi connectivity index (χ3n) is 2.80. The zero-order chi connectivity index (χ0) is 15.8. The van der Waals surface area contributed by atoms with Gasteiger partial charge in [0.1, 0.15) is 11.2 Å². The van der Waals surface area contributed by atoms with Crippen molar-refractivity contribution in [1.82, 2.24) is 9.61 Å². The molecule has 7 heteroatoms. The highest BCUT2D eigenvalue weighted by Gasteiger charge is 2.19. The summed E-state index contributed by atoms with van der Waals surface area (Å²) in [5.74, 6) is -1.07. The molecule has 2 aromatic rings. The highest BCUT2D eigenvalue weighted by atomic mass is 16.6. The van der Waals surface area contributed by atoms with Gasteiger partial charge in [-0.2, -0.15) is 5.10 Å². The van der Waals surface area contributed by atoms with Gasteiger partial charge >= 0.3 is 12.1 Å². The van der Waals surface area contributed by atoms with Crippen molar-refractivity contribution in [2.75, 3.05) is 5.32 Å². The number of aromatic carboxylic acids is 1. The Kier molecular flexibility index (Phi) is 3.59. The number of fused-ring (bicyclic) bond motifs is 1. The number of anilines is 1. The number of carbonyl (C=O) groups excluding carboxylic acids is 1. The first kappa shape index (κ1) is 14.8. The minimum absolute atomic E-state index is 0.0836. The number of ether oxygens (including phenoxy) is 1. The molecular weight excluding hydrogens is 274 g/mol. The van der Waals surface area contributed by atoms with Crippen LogP contribution in [0.5, 0.6) is 0 Å². The van der Waals surface area contributed by atoms with E-state index in [1.807, 2.05) is 0 Å². The van der Waals surface area contributed by atoms with E-state index in [1.165, 1.54) is 10.7 Å². The maximum atomic E-state index is 11.8. The van der Waals surface area contributed by atoms with E-state index in [2.05, 4.69) is 10.4 Å². The summed E-state index contributed by atoms with van der Waals surface area (Å²) in [6.45, 7) is 7.02. The molecule has 0 fully saturated rings. The quantitative estimate of drug-likeness (QED) is 0.887. The Morgan fingerprint density at radius 2 is 2.05 bits per heavy atom. The Bertz CT molecular complexity index is 713. The van der Waals surface area contributed by atoms with E-state index in [9.17, 15) is 9.59 Å². The van der Waals surface area contributed by atoms with Crippen LogP contribution in [-0.4, -0.2) is 32.4 Å². The lowest BCUT2D eigenvalue weighted by Gasteiger charge is -2.20. The van der Waals surface area contributed by atoms with E-state index in [0.717, 1.165) is 0 Å². The van der Waals surface area contributed by atoms with Crippen LogP contribution in [0.15, 0.2) is 18.5 Å². The summed E-state index contributed by atoms with van der Waals surface area (Å²) in [6, 6.07) is 1.64. The lowest BCUT2D eigenvalue weighted by Crippen LogP contribution is -2.27. The number of nitrogens with one attached hydrogen (secondary N) is 1. The highest BCUT2D eigenvalue weighted by molar-refractivity contribution is 5.98. The summed E-state index contributed by atoms with van der Waals surface area (Å²) in [6.07, 6.45) is 2.27. The zero-order valence-corrected chi connectivity index (χ0v) is 12.3. The first-order chi connectivity index (χ1) is 9.69. The van der Waals surface area contributed by atoms with Crippen LogP contribution in [0.25, 0.3) is 5.52 Å². The number of rotatable bonds is 2. The second kappa shape index (κ2) is 5.08. The van der Waals surface area contributed by atoms with Gasteiger partial charge in [-0.15, -0.1) is 0 Å². The minimum Gasteiger partial charge on any atom is -0.478 e. The van der Waals surface area contributed by atoms with Crippen molar-refractivity contribution < 1.29 is 19.4 Å². The van der Waals surface area contributed by atoms with Gasteiger partial charge in [-0.3, -0.25) is 5.32 Å². The topological polar surface area (TPSA) is 92.9 Å². The van der Waals surface area contributed by atoms with Crippen molar-refractivity contribution in [1.29, 1.82) is 0 Å². The van der Waals surface area contributed by atoms with E-state index in [-0.39, 0.29) is 5.56 Å². The molecule has 112 valence electrons. The van der Waals surface area contributed by atoms with E-state index < -0.39 is 17.7 Å².